The van der Waals surface area contributed by atoms with Crippen molar-refractivity contribution in [2.75, 3.05) is 0 Å². The predicted molar refractivity (Wildman–Crippen MR) is 115 cm³/mol. The smallest absolute Gasteiger partial charge is 0.337 e. The third-order valence-corrected chi connectivity index (χ3v) is 4.81. The molecule has 0 atom stereocenters. The zero-order valence-corrected chi connectivity index (χ0v) is 16.3. The molecule has 0 bridgehead atoms. The second kappa shape index (κ2) is 8.23. The van der Waals surface area contributed by atoms with Crippen LogP contribution >= 0.6 is 11.6 Å². The van der Waals surface area contributed by atoms with E-state index < -0.39 is 5.97 Å². The van der Waals surface area contributed by atoms with Gasteiger partial charge in [-0.05, 0) is 53.2 Å². The van der Waals surface area contributed by atoms with Gasteiger partial charge in [0.15, 0.2) is 0 Å². The third kappa shape index (κ3) is 4.09. The molecule has 6 nitrogen and oxygen atoms in total. The number of halogens is 1. The fraction of sp³-hybridized carbons (Fsp3) is 0. The zero-order chi connectivity index (χ0) is 21.1. The second-order valence-electron chi connectivity index (χ2n) is 6.46. The second-order valence-corrected chi connectivity index (χ2v) is 6.87. The Bertz CT molecular complexity index is 1290. The molecular formula is C23H15ClN2O4. The molecule has 4 rings (SSSR count). The lowest BCUT2D eigenvalue weighted by atomic mass is 10.1. The van der Waals surface area contributed by atoms with Gasteiger partial charge >= 0.3 is 5.97 Å². The molecule has 0 aliphatic rings. The van der Waals surface area contributed by atoms with Crippen LogP contribution in [-0.4, -0.2) is 23.2 Å². The molecule has 0 saturated carbocycles. The van der Waals surface area contributed by atoms with Crippen molar-refractivity contribution in [3.05, 3.63) is 94.7 Å². The largest absolute Gasteiger partial charge is 0.478 e. The van der Waals surface area contributed by atoms with Crippen molar-refractivity contribution in [2.24, 2.45) is 5.10 Å². The van der Waals surface area contributed by atoms with Crippen LogP contribution < -0.4 is 5.43 Å². The monoisotopic (exact) mass is 418 g/mol. The number of rotatable bonds is 5. The Kier molecular flexibility index (Phi) is 5.32. The molecule has 0 radical (unpaired) electrons. The number of hydrazone groups is 1. The summed E-state index contributed by atoms with van der Waals surface area (Å²) in [5.41, 5.74) is 3.52. The summed E-state index contributed by atoms with van der Waals surface area (Å²) in [4.78, 5) is 23.5. The van der Waals surface area contributed by atoms with Crippen molar-refractivity contribution < 1.29 is 19.1 Å². The van der Waals surface area contributed by atoms with Crippen LogP contribution in [0.3, 0.4) is 0 Å². The Labute approximate surface area is 176 Å². The van der Waals surface area contributed by atoms with Gasteiger partial charge in [-0.15, -0.1) is 0 Å². The van der Waals surface area contributed by atoms with Gasteiger partial charge in [-0.3, -0.25) is 4.79 Å². The van der Waals surface area contributed by atoms with E-state index in [9.17, 15) is 14.7 Å². The van der Waals surface area contributed by atoms with E-state index in [-0.39, 0.29) is 16.5 Å². The van der Waals surface area contributed by atoms with E-state index in [0.29, 0.717) is 22.6 Å². The molecule has 0 aliphatic carbocycles. The summed E-state index contributed by atoms with van der Waals surface area (Å²) < 4.78 is 5.65. The summed E-state index contributed by atoms with van der Waals surface area (Å²) >= 11 is 5.89. The van der Waals surface area contributed by atoms with Crippen molar-refractivity contribution in [2.45, 2.75) is 0 Å². The SMILES string of the molecule is O=C(NN=Cc1ccc(-c2ccc(Cl)c(C(=O)O)c2)o1)c1ccc2ccccc2c1. The topological polar surface area (TPSA) is 91.9 Å². The lowest BCUT2D eigenvalue weighted by Crippen LogP contribution is -2.17. The van der Waals surface area contributed by atoms with Crippen LogP contribution in [0.5, 0.6) is 0 Å². The summed E-state index contributed by atoms with van der Waals surface area (Å²) in [5, 5.41) is 15.3. The molecule has 0 aliphatic heterocycles. The van der Waals surface area contributed by atoms with Crippen LogP contribution in [0.2, 0.25) is 5.02 Å². The van der Waals surface area contributed by atoms with Crippen LogP contribution in [0.15, 0.2) is 82.3 Å². The summed E-state index contributed by atoms with van der Waals surface area (Å²) in [6, 6.07) is 21.1. The lowest BCUT2D eigenvalue weighted by molar-refractivity contribution is 0.0697. The molecule has 0 fully saturated rings. The van der Waals surface area contributed by atoms with Gasteiger partial charge in [0.25, 0.3) is 5.91 Å². The van der Waals surface area contributed by atoms with Crippen molar-refractivity contribution in [3.8, 4) is 11.3 Å². The van der Waals surface area contributed by atoms with E-state index in [0.717, 1.165) is 10.8 Å². The maximum atomic E-state index is 12.3. The molecule has 0 spiro atoms. The highest BCUT2D eigenvalue weighted by Crippen LogP contribution is 2.26. The first-order valence-electron chi connectivity index (χ1n) is 8.96. The van der Waals surface area contributed by atoms with Gasteiger partial charge in [0, 0.05) is 11.1 Å². The number of furan rings is 1. The number of carboxylic acids is 1. The van der Waals surface area contributed by atoms with Gasteiger partial charge in [0.1, 0.15) is 11.5 Å². The van der Waals surface area contributed by atoms with E-state index in [1.165, 1.54) is 18.3 Å². The molecule has 4 aromatic rings. The average molecular weight is 419 g/mol. The van der Waals surface area contributed by atoms with Gasteiger partial charge in [0.2, 0.25) is 0 Å². The Hall–Kier alpha value is -3.90. The number of fused-ring (bicyclic) bond motifs is 1. The number of carbonyl (C=O) groups is 2. The number of aromatic carboxylic acids is 1. The molecule has 30 heavy (non-hydrogen) atoms. The average Bonchev–Trinajstić information content (AvgIpc) is 3.22. The molecule has 3 aromatic carbocycles. The van der Waals surface area contributed by atoms with Gasteiger partial charge < -0.3 is 9.52 Å². The highest BCUT2D eigenvalue weighted by molar-refractivity contribution is 6.33. The molecule has 1 aromatic heterocycles. The molecule has 2 N–H and O–H groups in total. The van der Waals surface area contributed by atoms with Crippen molar-refractivity contribution in [3.63, 3.8) is 0 Å². The van der Waals surface area contributed by atoms with Crippen LogP contribution in [0.4, 0.5) is 0 Å². The summed E-state index contributed by atoms with van der Waals surface area (Å²) in [5.74, 6) is -0.605. The van der Waals surface area contributed by atoms with Gasteiger partial charge in [0.05, 0.1) is 16.8 Å². The summed E-state index contributed by atoms with van der Waals surface area (Å²) in [7, 11) is 0. The number of benzene rings is 3. The van der Waals surface area contributed by atoms with E-state index in [2.05, 4.69) is 10.5 Å². The number of amides is 1. The summed E-state index contributed by atoms with van der Waals surface area (Å²) in [6.07, 6.45) is 1.37. The lowest BCUT2D eigenvalue weighted by Gasteiger charge is -2.02. The number of hydrogen-bond donors (Lipinski definition) is 2. The molecule has 148 valence electrons. The minimum Gasteiger partial charge on any atom is -0.478 e. The standard InChI is InChI=1S/C23H15ClN2O4/c24-20-9-7-16(12-19(20)23(28)29)21-10-8-18(30-21)13-25-26-22(27)17-6-5-14-3-1-2-4-15(14)11-17/h1-13H,(H,26,27)(H,28,29). The van der Waals surface area contributed by atoms with Crippen LogP contribution in [0.1, 0.15) is 26.5 Å². The Balaban J connectivity index is 1.46. The fourth-order valence-electron chi connectivity index (χ4n) is 2.97. The number of nitrogens with one attached hydrogen (secondary N) is 1. The van der Waals surface area contributed by atoms with Gasteiger partial charge in [-0.2, -0.15) is 5.10 Å². The number of nitrogens with zero attached hydrogens (tertiary/aromatic N) is 1. The Morgan fingerprint density at radius 1 is 0.967 bits per heavy atom. The van der Waals surface area contributed by atoms with Crippen molar-refractivity contribution in [1.29, 1.82) is 0 Å². The molecule has 1 heterocycles. The highest BCUT2D eigenvalue weighted by atomic mass is 35.5. The molecule has 1 amide bonds. The van der Waals surface area contributed by atoms with Gasteiger partial charge in [-0.25, -0.2) is 10.2 Å². The Morgan fingerprint density at radius 3 is 2.57 bits per heavy atom. The van der Waals surface area contributed by atoms with E-state index >= 15 is 0 Å². The van der Waals surface area contributed by atoms with Crippen molar-refractivity contribution in [1.82, 2.24) is 5.43 Å². The molecule has 7 heteroatoms. The first kappa shape index (κ1) is 19.4. The zero-order valence-electron chi connectivity index (χ0n) is 15.5. The first-order chi connectivity index (χ1) is 14.5. The third-order valence-electron chi connectivity index (χ3n) is 4.48. The van der Waals surface area contributed by atoms with Crippen molar-refractivity contribution >= 4 is 40.5 Å². The first-order valence-corrected chi connectivity index (χ1v) is 9.34. The van der Waals surface area contributed by atoms with Crippen LogP contribution in [-0.2, 0) is 0 Å². The van der Waals surface area contributed by atoms with E-state index in [1.807, 2.05) is 30.3 Å². The highest BCUT2D eigenvalue weighted by Gasteiger charge is 2.12. The number of hydrogen-bond acceptors (Lipinski definition) is 4. The van der Waals surface area contributed by atoms with Gasteiger partial charge in [-0.1, -0.05) is 41.9 Å². The predicted octanol–water partition coefficient (Wildman–Crippen LogP) is 5.22. The molecule has 0 unspecified atom stereocenters. The minimum absolute atomic E-state index is 0.0107. The number of carboxylic acid groups (broad SMARTS) is 1. The normalized spacial score (nSPS) is 11.1. The minimum atomic E-state index is -1.12. The Morgan fingerprint density at radius 2 is 1.77 bits per heavy atom. The maximum Gasteiger partial charge on any atom is 0.337 e. The molecule has 0 saturated heterocycles. The quantitative estimate of drug-likeness (QED) is 0.343. The molecular weight excluding hydrogens is 404 g/mol. The summed E-state index contributed by atoms with van der Waals surface area (Å²) in [6.45, 7) is 0. The fourth-order valence-corrected chi connectivity index (χ4v) is 3.17. The van der Waals surface area contributed by atoms with E-state index in [4.69, 9.17) is 16.0 Å². The number of carbonyl (C=O) groups excluding carboxylic acids is 1. The van der Waals surface area contributed by atoms with Crippen LogP contribution in [0, 0.1) is 0 Å². The maximum absolute atomic E-state index is 12.3. The van der Waals surface area contributed by atoms with E-state index in [1.54, 1.807) is 30.3 Å². The van der Waals surface area contributed by atoms with Crippen LogP contribution in [0.25, 0.3) is 22.1 Å².